The number of anilines is 1. The zero-order chi connectivity index (χ0) is 20.7. The Kier molecular flexibility index (Phi) is 4.27. The molecule has 5 rings (SSSR count). The summed E-state index contributed by atoms with van der Waals surface area (Å²) in [5.74, 6) is -0.176. The van der Waals surface area contributed by atoms with Crippen LogP contribution in [0.5, 0.6) is 0 Å². The molecule has 3 aromatic heterocycles. The van der Waals surface area contributed by atoms with E-state index in [0.717, 1.165) is 16.8 Å². The average molecular weight is 401 g/mol. The van der Waals surface area contributed by atoms with Crippen molar-refractivity contribution in [1.82, 2.24) is 24.4 Å². The molecule has 0 spiro atoms. The van der Waals surface area contributed by atoms with E-state index in [0.29, 0.717) is 11.6 Å². The van der Waals surface area contributed by atoms with Crippen LogP contribution in [0.1, 0.15) is 34.9 Å². The van der Waals surface area contributed by atoms with E-state index in [1.807, 2.05) is 18.2 Å². The summed E-state index contributed by atoms with van der Waals surface area (Å²) in [5.41, 5.74) is 9.50. The zero-order valence-corrected chi connectivity index (χ0v) is 16.0. The number of benzene rings is 1. The number of fused-ring (bicyclic) bond motifs is 1. The highest BCUT2D eigenvalue weighted by atomic mass is 16.2. The van der Waals surface area contributed by atoms with Crippen LogP contribution in [0.4, 0.5) is 5.69 Å². The molecule has 0 saturated heterocycles. The Labute approximate surface area is 171 Å². The molecule has 9 heteroatoms. The summed E-state index contributed by atoms with van der Waals surface area (Å²) in [4.78, 5) is 27.7. The van der Waals surface area contributed by atoms with Crippen molar-refractivity contribution < 1.29 is 9.59 Å². The predicted molar refractivity (Wildman–Crippen MR) is 110 cm³/mol. The molecule has 0 bridgehead atoms. The standard InChI is InChI=1S/C21H19N7O2/c22-20(30)21-25-18-9-15(7-8-28(18)26-21)16-10-23-27(11-16)12-19(29)24-17-5-3-14(4-6-17)13-1-2-13/h3-11,13H,1-2,12H2,(H2,22,30)(H,24,29). The van der Waals surface area contributed by atoms with E-state index in [1.165, 1.54) is 22.9 Å². The van der Waals surface area contributed by atoms with Crippen LogP contribution in [0.15, 0.2) is 55.0 Å². The Bertz CT molecular complexity index is 1250. The van der Waals surface area contributed by atoms with Gasteiger partial charge in [0, 0.05) is 23.6 Å². The molecule has 0 radical (unpaired) electrons. The number of hydrogen-bond acceptors (Lipinski definition) is 5. The van der Waals surface area contributed by atoms with Gasteiger partial charge in [-0.15, -0.1) is 5.10 Å². The van der Waals surface area contributed by atoms with Crippen molar-refractivity contribution in [2.24, 2.45) is 5.73 Å². The van der Waals surface area contributed by atoms with Gasteiger partial charge in [0.2, 0.25) is 11.7 Å². The number of nitrogens with one attached hydrogen (secondary N) is 1. The number of carbonyl (C=O) groups is 2. The molecule has 3 N–H and O–H groups in total. The van der Waals surface area contributed by atoms with E-state index >= 15 is 0 Å². The van der Waals surface area contributed by atoms with E-state index in [-0.39, 0.29) is 18.3 Å². The van der Waals surface area contributed by atoms with Crippen LogP contribution in [0.25, 0.3) is 16.8 Å². The Balaban J connectivity index is 1.27. The fourth-order valence-electron chi connectivity index (χ4n) is 3.37. The zero-order valence-electron chi connectivity index (χ0n) is 16.0. The first-order chi connectivity index (χ1) is 14.5. The monoisotopic (exact) mass is 401 g/mol. The molecule has 0 unspecified atom stereocenters. The number of nitrogens with two attached hydrogens (primary N) is 1. The van der Waals surface area contributed by atoms with Crippen LogP contribution in [0, 0.1) is 0 Å². The molecule has 1 fully saturated rings. The van der Waals surface area contributed by atoms with Gasteiger partial charge in [-0.05, 0) is 54.2 Å². The second-order valence-electron chi connectivity index (χ2n) is 7.39. The van der Waals surface area contributed by atoms with Crippen LogP contribution in [0.3, 0.4) is 0 Å². The van der Waals surface area contributed by atoms with Gasteiger partial charge >= 0.3 is 0 Å². The Hall–Kier alpha value is -4.01. The Morgan fingerprint density at radius 3 is 2.67 bits per heavy atom. The van der Waals surface area contributed by atoms with Gasteiger partial charge in [-0.3, -0.25) is 14.3 Å². The molecular weight excluding hydrogens is 382 g/mol. The molecular formula is C21H19N7O2. The summed E-state index contributed by atoms with van der Waals surface area (Å²) >= 11 is 0. The number of amides is 2. The summed E-state index contributed by atoms with van der Waals surface area (Å²) in [6.07, 6.45) is 7.66. The van der Waals surface area contributed by atoms with Crippen LogP contribution in [0.2, 0.25) is 0 Å². The maximum atomic E-state index is 12.4. The summed E-state index contributed by atoms with van der Waals surface area (Å²) in [5, 5.41) is 11.2. The molecule has 0 atom stereocenters. The van der Waals surface area contributed by atoms with Crippen LogP contribution < -0.4 is 11.1 Å². The molecule has 0 aliphatic heterocycles. The number of nitrogens with zero attached hydrogens (tertiary/aromatic N) is 5. The van der Waals surface area contributed by atoms with E-state index in [4.69, 9.17) is 5.73 Å². The van der Waals surface area contributed by atoms with Gasteiger partial charge in [-0.2, -0.15) is 5.10 Å². The lowest BCUT2D eigenvalue weighted by Gasteiger charge is -2.06. The summed E-state index contributed by atoms with van der Waals surface area (Å²) in [6.45, 7) is 0.101. The first kappa shape index (κ1) is 18.0. The molecule has 1 saturated carbocycles. The quantitative estimate of drug-likeness (QED) is 0.513. The summed E-state index contributed by atoms with van der Waals surface area (Å²) < 4.78 is 3.06. The lowest BCUT2D eigenvalue weighted by atomic mass is 10.1. The molecule has 1 aliphatic carbocycles. The van der Waals surface area contributed by atoms with Crippen molar-refractivity contribution in [1.29, 1.82) is 0 Å². The lowest BCUT2D eigenvalue weighted by Crippen LogP contribution is -2.18. The van der Waals surface area contributed by atoms with Gasteiger partial charge in [0.1, 0.15) is 6.54 Å². The van der Waals surface area contributed by atoms with Crippen molar-refractivity contribution in [3.8, 4) is 11.1 Å². The van der Waals surface area contributed by atoms with Crippen molar-refractivity contribution in [2.75, 3.05) is 5.32 Å². The molecule has 3 heterocycles. The normalized spacial score (nSPS) is 13.5. The molecule has 4 aromatic rings. The van der Waals surface area contributed by atoms with Crippen molar-refractivity contribution in [3.05, 3.63) is 66.4 Å². The van der Waals surface area contributed by atoms with Gasteiger partial charge < -0.3 is 11.1 Å². The van der Waals surface area contributed by atoms with Gasteiger partial charge in [-0.1, -0.05) is 12.1 Å². The van der Waals surface area contributed by atoms with Crippen molar-refractivity contribution in [3.63, 3.8) is 0 Å². The molecule has 1 aromatic carbocycles. The van der Waals surface area contributed by atoms with E-state index in [1.54, 1.807) is 29.3 Å². The van der Waals surface area contributed by atoms with Crippen molar-refractivity contribution in [2.45, 2.75) is 25.3 Å². The minimum absolute atomic E-state index is 0.0373. The predicted octanol–water partition coefficient (Wildman–Crippen LogP) is 2.21. The van der Waals surface area contributed by atoms with Crippen LogP contribution in [-0.2, 0) is 11.3 Å². The average Bonchev–Trinajstić information content (AvgIpc) is 3.32. The fourth-order valence-corrected chi connectivity index (χ4v) is 3.37. The number of aromatic nitrogens is 5. The number of hydrogen-bond donors (Lipinski definition) is 2. The second-order valence-corrected chi connectivity index (χ2v) is 7.39. The molecule has 9 nitrogen and oxygen atoms in total. The highest BCUT2D eigenvalue weighted by Crippen LogP contribution is 2.40. The topological polar surface area (TPSA) is 120 Å². The minimum atomic E-state index is -0.679. The molecule has 150 valence electrons. The Morgan fingerprint density at radius 2 is 1.93 bits per heavy atom. The van der Waals surface area contributed by atoms with Crippen LogP contribution >= 0.6 is 0 Å². The van der Waals surface area contributed by atoms with E-state index < -0.39 is 5.91 Å². The maximum absolute atomic E-state index is 12.4. The number of pyridine rings is 1. The maximum Gasteiger partial charge on any atom is 0.288 e. The largest absolute Gasteiger partial charge is 0.363 e. The van der Waals surface area contributed by atoms with E-state index in [9.17, 15) is 9.59 Å². The summed E-state index contributed by atoms with van der Waals surface area (Å²) in [6, 6.07) is 11.6. The van der Waals surface area contributed by atoms with Crippen molar-refractivity contribution >= 4 is 23.1 Å². The molecule has 30 heavy (non-hydrogen) atoms. The number of carbonyl (C=O) groups excluding carboxylic acids is 2. The molecule has 2 amide bonds. The highest BCUT2D eigenvalue weighted by molar-refractivity contribution is 5.90. The summed E-state index contributed by atoms with van der Waals surface area (Å²) in [7, 11) is 0. The fraction of sp³-hybridized carbons (Fsp3) is 0.190. The third kappa shape index (κ3) is 3.64. The molecule has 1 aliphatic rings. The van der Waals surface area contributed by atoms with Gasteiger partial charge in [0.25, 0.3) is 5.91 Å². The Morgan fingerprint density at radius 1 is 1.13 bits per heavy atom. The van der Waals surface area contributed by atoms with Gasteiger partial charge in [0.15, 0.2) is 5.65 Å². The second kappa shape index (κ2) is 7.11. The van der Waals surface area contributed by atoms with E-state index in [2.05, 4.69) is 32.6 Å². The smallest absolute Gasteiger partial charge is 0.288 e. The first-order valence-corrected chi connectivity index (χ1v) is 9.64. The lowest BCUT2D eigenvalue weighted by molar-refractivity contribution is -0.116. The minimum Gasteiger partial charge on any atom is -0.363 e. The van der Waals surface area contributed by atoms with Gasteiger partial charge in [0.05, 0.1) is 6.20 Å². The van der Waals surface area contributed by atoms with Gasteiger partial charge in [-0.25, -0.2) is 9.50 Å². The third-order valence-electron chi connectivity index (χ3n) is 5.07. The number of primary amides is 1. The highest BCUT2D eigenvalue weighted by Gasteiger charge is 2.23. The SMILES string of the molecule is NC(=O)c1nc2cc(-c3cnn(CC(=O)Nc4ccc(C5CC5)cc4)c3)ccn2n1. The first-order valence-electron chi connectivity index (χ1n) is 9.64. The number of rotatable bonds is 6. The van der Waals surface area contributed by atoms with Crippen LogP contribution in [-0.4, -0.2) is 36.2 Å². The third-order valence-corrected chi connectivity index (χ3v) is 5.07.